The maximum Gasteiger partial charge on any atom is 0.314 e. The van der Waals surface area contributed by atoms with Crippen molar-refractivity contribution in [2.24, 2.45) is 5.92 Å². The fraction of sp³-hybridized carbons (Fsp3) is 0.158. The molecule has 0 saturated heterocycles. The molecule has 1 fully saturated rings. The maximum absolute atomic E-state index is 13.8. The van der Waals surface area contributed by atoms with Crippen LogP contribution < -0.4 is 4.74 Å². The van der Waals surface area contributed by atoms with Crippen molar-refractivity contribution in [3.8, 4) is 11.8 Å². The van der Waals surface area contributed by atoms with Crippen LogP contribution in [0.3, 0.4) is 0 Å². The van der Waals surface area contributed by atoms with Gasteiger partial charge in [0.2, 0.25) is 0 Å². The molecule has 0 atom stereocenters. The summed E-state index contributed by atoms with van der Waals surface area (Å²) in [4.78, 5) is 11.7. The summed E-state index contributed by atoms with van der Waals surface area (Å²) in [6.07, 6.45) is 3.33. The van der Waals surface area contributed by atoms with E-state index >= 15 is 0 Å². The summed E-state index contributed by atoms with van der Waals surface area (Å²) >= 11 is 0. The molecule has 0 amide bonds. The molecule has 3 nitrogen and oxygen atoms in total. The van der Waals surface area contributed by atoms with Gasteiger partial charge in [-0.3, -0.25) is 4.79 Å². The van der Waals surface area contributed by atoms with E-state index in [0.29, 0.717) is 11.3 Å². The molecule has 0 aromatic heterocycles. The Hall–Kier alpha value is -2.93. The van der Waals surface area contributed by atoms with Crippen molar-refractivity contribution in [1.82, 2.24) is 0 Å². The first-order valence-electron chi connectivity index (χ1n) is 7.36. The average Bonchev–Trinajstić information content (AvgIpc) is 3.39. The van der Waals surface area contributed by atoms with Crippen molar-refractivity contribution in [2.75, 3.05) is 0 Å². The molecule has 0 N–H and O–H groups in total. The molecule has 0 unspecified atom stereocenters. The molecular weight excluding hydrogens is 293 g/mol. The first-order valence-corrected chi connectivity index (χ1v) is 7.36. The molecule has 0 heterocycles. The first kappa shape index (κ1) is 15.0. The number of allylic oxidation sites excluding steroid dienone is 1. The van der Waals surface area contributed by atoms with Crippen LogP contribution in [0.1, 0.15) is 24.0 Å². The van der Waals surface area contributed by atoms with E-state index in [-0.39, 0.29) is 23.0 Å². The molecule has 2 aromatic carbocycles. The van der Waals surface area contributed by atoms with Crippen LogP contribution in [0.15, 0.2) is 48.5 Å². The van der Waals surface area contributed by atoms with E-state index < -0.39 is 5.82 Å². The fourth-order valence-electron chi connectivity index (χ4n) is 2.20. The lowest BCUT2D eigenvalue weighted by molar-refractivity contribution is -0.135. The number of rotatable bonds is 4. The van der Waals surface area contributed by atoms with Crippen LogP contribution in [-0.2, 0) is 4.79 Å². The predicted molar refractivity (Wildman–Crippen MR) is 84.7 cm³/mol. The minimum Gasteiger partial charge on any atom is -0.426 e. The van der Waals surface area contributed by atoms with Crippen LogP contribution in [0, 0.1) is 23.1 Å². The number of hydrogen-bond acceptors (Lipinski definition) is 3. The fourth-order valence-corrected chi connectivity index (χ4v) is 2.20. The normalized spacial score (nSPS) is 14.2. The molecular formula is C19H14FNO2. The highest BCUT2D eigenvalue weighted by atomic mass is 19.1. The van der Waals surface area contributed by atoms with Crippen molar-refractivity contribution in [3.05, 3.63) is 65.5 Å². The molecule has 114 valence electrons. The molecule has 1 aliphatic rings. The topological polar surface area (TPSA) is 50.1 Å². The molecule has 0 bridgehead atoms. The Balaban J connectivity index is 1.87. The van der Waals surface area contributed by atoms with Gasteiger partial charge >= 0.3 is 5.97 Å². The zero-order valence-corrected chi connectivity index (χ0v) is 12.3. The number of esters is 1. The smallest absolute Gasteiger partial charge is 0.314 e. The van der Waals surface area contributed by atoms with Crippen LogP contribution in [-0.4, -0.2) is 5.97 Å². The van der Waals surface area contributed by atoms with Crippen LogP contribution >= 0.6 is 0 Å². The summed E-state index contributed by atoms with van der Waals surface area (Å²) in [6.45, 7) is 0. The van der Waals surface area contributed by atoms with Crippen molar-refractivity contribution < 1.29 is 13.9 Å². The molecule has 4 heteroatoms. The van der Waals surface area contributed by atoms with Crippen LogP contribution in [0.25, 0.3) is 11.6 Å². The number of carbonyl (C=O) groups excluding carboxylic acids is 1. The minimum atomic E-state index is -0.448. The van der Waals surface area contributed by atoms with Gasteiger partial charge in [0, 0.05) is 5.56 Å². The first-order chi connectivity index (χ1) is 11.2. The number of halogens is 1. The standard InChI is InChI=1S/C19H14FNO2/c20-18-7-2-1-6-17(18)15(12-21)10-13-4-3-5-16(11-13)23-19(22)14-8-9-14/h1-7,10-11,14H,8-9H2/b15-10-. The Morgan fingerprint density at radius 3 is 2.70 bits per heavy atom. The lowest BCUT2D eigenvalue weighted by Gasteiger charge is -2.05. The Morgan fingerprint density at radius 1 is 1.22 bits per heavy atom. The van der Waals surface area contributed by atoms with Gasteiger partial charge in [-0.1, -0.05) is 30.3 Å². The van der Waals surface area contributed by atoms with Crippen molar-refractivity contribution in [2.45, 2.75) is 12.8 Å². The number of benzene rings is 2. The van der Waals surface area contributed by atoms with E-state index in [1.807, 2.05) is 6.07 Å². The SMILES string of the molecule is N#C/C(=C/c1cccc(OC(=O)C2CC2)c1)c1ccccc1F. The quantitative estimate of drug-likeness (QED) is 0.368. The average molecular weight is 307 g/mol. The van der Waals surface area contributed by atoms with Gasteiger partial charge in [0.15, 0.2) is 0 Å². The maximum atomic E-state index is 13.8. The summed E-state index contributed by atoms with van der Waals surface area (Å²) in [5.41, 5.74) is 1.13. The van der Waals surface area contributed by atoms with Crippen LogP contribution in [0.4, 0.5) is 4.39 Å². The number of ether oxygens (including phenoxy) is 1. The van der Waals surface area contributed by atoms with Gasteiger partial charge in [0.05, 0.1) is 17.6 Å². The van der Waals surface area contributed by atoms with E-state index in [9.17, 15) is 14.4 Å². The highest BCUT2D eigenvalue weighted by Gasteiger charge is 2.31. The molecule has 0 aliphatic heterocycles. The molecule has 1 saturated carbocycles. The van der Waals surface area contributed by atoms with E-state index in [2.05, 4.69) is 0 Å². The van der Waals surface area contributed by atoms with E-state index in [1.165, 1.54) is 6.07 Å². The van der Waals surface area contributed by atoms with Gasteiger partial charge in [-0.2, -0.15) is 5.26 Å². The van der Waals surface area contributed by atoms with Gasteiger partial charge in [0.1, 0.15) is 11.6 Å². The highest BCUT2D eigenvalue weighted by Crippen LogP contribution is 2.31. The highest BCUT2D eigenvalue weighted by molar-refractivity contribution is 5.90. The number of nitriles is 1. The molecule has 23 heavy (non-hydrogen) atoms. The van der Waals surface area contributed by atoms with Gasteiger partial charge in [-0.15, -0.1) is 0 Å². The van der Waals surface area contributed by atoms with Crippen molar-refractivity contribution >= 4 is 17.6 Å². The number of nitrogens with zero attached hydrogens (tertiary/aromatic N) is 1. The van der Waals surface area contributed by atoms with Gasteiger partial charge < -0.3 is 4.74 Å². The molecule has 3 rings (SSSR count). The summed E-state index contributed by atoms with van der Waals surface area (Å²) in [5.74, 6) is -0.221. The van der Waals surface area contributed by atoms with Crippen molar-refractivity contribution in [3.63, 3.8) is 0 Å². The largest absolute Gasteiger partial charge is 0.426 e. The second-order valence-electron chi connectivity index (χ2n) is 5.42. The second kappa shape index (κ2) is 6.45. The monoisotopic (exact) mass is 307 g/mol. The van der Waals surface area contributed by atoms with E-state index in [1.54, 1.807) is 48.5 Å². The third kappa shape index (κ3) is 3.64. The van der Waals surface area contributed by atoms with Crippen molar-refractivity contribution in [1.29, 1.82) is 5.26 Å². The molecule has 0 spiro atoms. The van der Waals surface area contributed by atoms with Gasteiger partial charge in [-0.05, 0) is 42.7 Å². The minimum absolute atomic E-state index is 0.0160. The van der Waals surface area contributed by atoms with Crippen LogP contribution in [0.5, 0.6) is 5.75 Å². The molecule has 2 aromatic rings. The van der Waals surface area contributed by atoms with E-state index in [0.717, 1.165) is 12.8 Å². The van der Waals surface area contributed by atoms with Gasteiger partial charge in [0.25, 0.3) is 0 Å². The zero-order chi connectivity index (χ0) is 16.2. The zero-order valence-electron chi connectivity index (χ0n) is 12.3. The molecule has 1 aliphatic carbocycles. The second-order valence-corrected chi connectivity index (χ2v) is 5.42. The predicted octanol–water partition coefficient (Wildman–Crippen LogP) is 4.21. The van der Waals surface area contributed by atoms with E-state index in [4.69, 9.17) is 4.74 Å². The van der Waals surface area contributed by atoms with Gasteiger partial charge in [-0.25, -0.2) is 4.39 Å². The summed E-state index contributed by atoms with van der Waals surface area (Å²) < 4.78 is 19.1. The summed E-state index contributed by atoms with van der Waals surface area (Å²) in [7, 11) is 0. The Labute approximate surface area is 133 Å². The Kier molecular flexibility index (Phi) is 4.20. The Bertz CT molecular complexity index is 816. The molecule has 0 radical (unpaired) electrons. The third-order valence-corrected chi connectivity index (χ3v) is 3.58. The third-order valence-electron chi connectivity index (χ3n) is 3.58. The number of carbonyl (C=O) groups is 1. The summed E-state index contributed by atoms with van der Waals surface area (Å²) in [6, 6.07) is 15.0. The lowest BCUT2D eigenvalue weighted by Crippen LogP contribution is -2.09. The number of hydrogen-bond donors (Lipinski definition) is 0. The lowest BCUT2D eigenvalue weighted by atomic mass is 10.0. The van der Waals surface area contributed by atoms with Crippen LogP contribution in [0.2, 0.25) is 0 Å². The summed E-state index contributed by atoms with van der Waals surface area (Å²) in [5, 5.41) is 9.29. The Morgan fingerprint density at radius 2 is 2.00 bits per heavy atom.